The summed E-state index contributed by atoms with van der Waals surface area (Å²) in [5.41, 5.74) is 13.2. The predicted octanol–water partition coefficient (Wildman–Crippen LogP) is 1.13. The number of pyridine rings is 1. The van der Waals surface area contributed by atoms with Crippen molar-refractivity contribution in [1.82, 2.24) is 9.88 Å². The number of nitrogens with zero attached hydrogens (tertiary/aromatic N) is 2. The molecule has 2 atom stereocenters. The number of ether oxygens (including phenoxy) is 2. The smallest absolute Gasteiger partial charge is 0.260 e. The van der Waals surface area contributed by atoms with Gasteiger partial charge in [0.1, 0.15) is 17.3 Å². The van der Waals surface area contributed by atoms with Gasteiger partial charge in [-0.05, 0) is 36.1 Å². The molecule has 2 heterocycles. The van der Waals surface area contributed by atoms with Crippen LogP contribution in [-0.2, 0) is 4.79 Å². The lowest BCUT2D eigenvalue weighted by Crippen LogP contribution is -2.37. The maximum atomic E-state index is 12.3. The van der Waals surface area contributed by atoms with E-state index >= 15 is 0 Å². The van der Waals surface area contributed by atoms with E-state index in [0.29, 0.717) is 29.2 Å². The minimum Gasteiger partial charge on any atom is -0.496 e. The molecule has 1 amide bonds. The van der Waals surface area contributed by atoms with E-state index in [1.807, 2.05) is 23.1 Å². The molecule has 1 saturated carbocycles. The maximum Gasteiger partial charge on any atom is 0.260 e. The first-order chi connectivity index (χ1) is 12.6. The van der Waals surface area contributed by atoms with Crippen LogP contribution in [0.2, 0.25) is 0 Å². The fourth-order valence-electron chi connectivity index (χ4n) is 3.59. The highest BCUT2D eigenvalue weighted by molar-refractivity contribution is 5.78. The van der Waals surface area contributed by atoms with Gasteiger partial charge in [-0.15, -0.1) is 0 Å². The maximum absolute atomic E-state index is 12.3. The van der Waals surface area contributed by atoms with Crippen molar-refractivity contribution in [3.63, 3.8) is 0 Å². The van der Waals surface area contributed by atoms with Crippen molar-refractivity contribution >= 4 is 11.7 Å². The number of hydrogen-bond acceptors (Lipinski definition) is 6. The number of anilines is 1. The van der Waals surface area contributed by atoms with E-state index in [4.69, 9.17) is 20.9 Å². The molecular weight excluding hydrogens is 332 g/mol. The first-order valence-corrected chi connectivity index (χ1v) is 8.64. The number of piperidine rings is 1. The summed E-state index contributed by atoms with van der Waals surface area (Å²) in [5, 5.41) is 0. The fourth-order valence-corrected chi connectivity index (χ4v) is 3.59. The second-order valence-corrected chi connectivity index (χ2v) is 6.80. The van der Waals surface area contributed by atoms with Gasteiger partial charge in [0.2, 0.25) is 0 Å². The Bertz CT molecular complexity index is 829. The molecule has 7 nitrogen and oxygen atoms in total. The highest BCUT2D eigenvalue weighted by atomic mass is 16.5. The summed E-state index contributed by atoms with van der Waals surface area (Å²) in [6.45, 7) is 1.50. The van der Waals surface area contributed by atoms with Crippen LogP contribution in [0.25, 0.3) is 11.3 Å². The van der Waals surface area contributed by atoms with Crippen LogP contribution in [0, 0.1) is 11.8 Å². The van der Waals surface area contributed by atoms with Gasteiger partial charge < -0.3 is 25.8 Å². The van der Waals surface area contributed by atoms with E-state index < -0.39 is 0 Å². The third kappa shape index (κ3) is 3.06. The van der Waals surface area contributed by atoms with Crippen LogP contribution in [0.1, 0.15) is 0 Å². The second kappa shape index (κ2) is 6.49. The van der Waals surface area contributed by atoms with Crippen molar-refractivity contribution in [2.45, 2.75) is 6.04 Å². The lowest BCUT2D eigenvalue weighted by atomic mass is 10.1. The Morgan fingerprint density at radius 3 is 2.73 bits per heavy atom. The zero-order chi connectivity index (χ0) is 18.3. The lowest BCUT2D eigenvalue weighted by Gasteiger charge is -2.19. The summed E-state index contributed by atoms with van der Waals surface area (Å²) in [7, 11) is 1.58. The summed E-state index contributed by atoms with van der Waals surface area (Å²) in [6.07, 6.45) is 0. The predicted molar refractivity (Wildman–Crippen MR) is 97.7 cm³/mol. The normalized spacial score (nSPS) is 23.5. The molecule has 0 bridgehead atoms. The van der Waals surface area contributed by atoms with Crippen molar-refractivity contribution in [2.24, 2.45) is 17.6 Å². The number of hydrogen-bond donors (Lipinski definition) is 2. The number of amides is 1. The van der Waals surface area contributed by atoms with Crippen molar-refractivity contribution < 1.29 is 14.3 Å². The Morgan fingerprint density at radius 2 is 2.04 bits per heavy atom. The zero-order valence-electron chi connectivity index (χ0n) is 14.6. The number of methoxy groups -OCH3 is 1. The van der Waals surface area contributed by atoms with Gasteiger partial charge in [0.15, 0.2) is 6.61 Å². The second-order valence-electron chi connectivity index (χ2n) is 6.80. The summed E-state index contributed by atoms with van der Waals surface area (Å²) in [6, 6.07) is 11.1. The number of carbonyl (C=O) groups is 1. The summed E-state index contributed by atoms with van der Waals surface area (Å²) >= 11 is 0. The van der Waals surface area contributed by atoms with E-state index in [2.05, 4.69) is 4.98 Å². The van der Waals surface area contributed by atoms with Crippen LogP contribution in [0.3, 0.4) is 0 Å². The highest BCUT2D eigenvalue weighted by Crippen LogP contribution is 2.43. The van der Waals surface area contributed by atoms with Crippen LogP contribution in [0.4, 0.5) is 5.82 Å². The lowest BCUT2D eigenvalue weighted by molar-refractivity contribution is -0.132. The molecule has 7 heteroatoms. The quantitative estimate of drug-likeness (QED) is 0.834. The molecule has 4 rings (SSSR count). The van der Waals surface area contributed by atoms with E-state index in [9.17, 15) is 4.79 Å². The topological polar surface area (TPSA) is 104 Å². The molecule has 1 aromatic carbocycles. The molecule has 4 N–H and O–H groups in total. The SMILES string of the molecule is COc1cc(OCC(=O)N2CC3C(N)C3C2)ccc1-c1cccc(N)n1. The van der Waals surface area contributed by atoms with E-state index in [1.165, 1.54) is 0 Å². The Morgan fingerprint density at radius 1 is 1.27 bits per heavy atom. The van der Waals surface area contributed by atoms with Crippen LogP contribution >= 0.6 is 0 Å². The number of likely N-dealkylation sites (tertiary alicyclic amines) is 1. The number of benzene rings is 1. The summed E-state index contributed by atoms with van der Waals surface area (Å²) in [4.78, 5) is 18.4. The Labute approximate surface area is 151 Å². The molecule has 2 aliphatic rings. The van der Waals surface area contributed by atoms with Gasteiger partial charge in [-0.3, -0.25) is 4.79 Å². The molecule has 1 aliphatic carbocycles. The monoisotopic (exact) mass is 354 g/mol. The standard InChI is InChI=1S/C19H22N4O3/c1-25-16-7-11(5-6-12(16)15-3-2-4-17(20)22-15)26-10-18(24)23-8-13-14(9-23)19(13)21/h2-7,13-14,19H,8-10,21H2,1H3,(H2,20,22). The minimum absolute atomic E-state index is 0.00765. The fraction of sp³-hybridized carbons (Fsp3) is 0.368. The van der Waals surface area contributed by atoms with Gasteiger partial charge >= 0.3 is 0 Å². The third-order valence-electron chi connectivity index (χ3n) is 5.19. The average molecular weight is 354 g/mol. The highest BCUT2D eigenvalue weighted by Gasteiger charge is 2.54. The van der Waals surface area contributed by atoms with Crippen molar-refractivity contribution in [3.8, 4) is 22.8 Å². The Kier molecular flexibility index (Phi) is 4.16. The molecule has 2 unspecified atom stereocenters. The molecule has 2 aromatic rings. The number of rotatable bonds is 5. The van der Waals surface area contributed by atoms with Crippen molar-refractivity contribution in [2.75, 3.05) is 32.5 Å². The minimum atomic E-state index is -0.00931. The van der Waals surface area contributed by atoms with Gasteiger partial charge in [-0.25, -0.2) is 4.98 Å². The molecular formula is C19H22N4O3. The number of nitrogen functional groups attached to an aromatic ring is 1. The third-order valence-corrected chi connectivity index (χ3v) is 5.19. The molecule has 1 saturated heterocycles. The first kappa shape index (κ1) is 16.7. The molecule has 0 radical (unpaired) electrons. The van der Waals surface area contributed by atoms with Gasteiger partial charge in [-0.1, -0.05) is 6.07 Å². The molecule has 2 fully saturated rings. The molecule has 0 spiro atoms. The molecule has 136 valence electrons. The summed E-state index contributed by atoms with van der Waals surface area (Å²) in [5.74, 6) is 2.57. The first-order valence-electron chi connectivity index (χ1n) is 8.64. The number of nitrogens with two attached hydrogens (primary N) is 2. The van der Waals surface area contributed by atoms with Crippen molar-refractivity contribution in [3.05, 3.63) is 36.4 Å². The zero-order valence-corrected chi connectivity index (χ0v) is 14.6. The van der Waals surface area contributed by atoms with Crippen molar-refractivity contribution in [1.29, 1.82) is 0 Å². The van der Waals surface area contributed by atoms with Crippen LogP contribution in [-0.4, -0.2) is 48.6 Å². The van der Waals surface area contributed by atoms with Crippen LogP contribution in [0.5, 0.6) is 11.5 Å². The van der Waals surface area contributed by atoms with Gasteiger partial charge in [0, 0.05) is 30.8 Å². The van der Waals surface area contributed by atoms with Crippen LogP contribution in [0.15, 0.2) is 36.4 Å². The Hall–Kier alpha value is -2.80. The Balaban J connectivity index is 1.42. The van der Waals surface area contributed by atoms with Gasteiger partial charge in [0.05, 0.1) is 12.8 Å². The molecule has 1 aromatic heterocycles. The number of aromatic nitrogens is 1. The summed E-state index contributed by atoms with van der Waals surface area (Å²) < 4.78 is 11.1. The average Bonchev–Trinajstić information content (AvgIpc) is 3.07. The van der Waals surface area contributed by atoms with Gasteiger partial charge in [0.25, 0.3) is 5.91 Å². The van der Waals surface area contributed by atoms with E-state index in [-0.39, 0.29) is 18.6 Å². The van der Waals surface area contributed by atoms with Crippen LogP contribution < -0.4 is 20.9 Å². The van der Waals surface area contributed by atoms with E-state index in [0.717, 1.165) is 24.3 Å². The number of carbonyl (C=O) groups excluding carboxylic acids is 1. The largest absolute Gasteiger partial charge is 0.496 e. The molecule has 1 aliphatic heterocycles. The molecule has 26 heavy (non-hydrogen) atoms. The van der Waals surface area contributed by atoms with E-state index in [1.54, 1.807) is 25.3 Å². The van der Waals surface area contributed by atoms with Gasteiger partial charge in [-0.2, -0.15) is 0 Å². The number of fused-ring (bicyclic) bond motifs is 1.